The van der Waals surface area contributed by atoms with E-state index in [9.17, 15) is 14.0 Å². The van der Waals surface area contributed by atoms with Crippen LogP contribution in [-0.2, 0) is 4.74 Å². The summed E-state index contributed by atoms with van der Waals surface area (Å²) in [5.41, 5.74) is -0.947. The highest BCUT2D eigenvalue weighted by Crippen LogP contribution is 2.16. The van der Waals surface area contributed by atoms with Crippen molar-refractivity contribution in [1.82, 2.24) is 4.98 Å². The SMILES string of the molecule is CC(C)(C)OC(=O)Nc1ccnc(F)c1C=O. The fourth-order valence-corrected chi connectivity index (χ4v) is 1.08. The number of nitrogens with zero attached hydrogens (tertiary/aromatic N) is 1. The molecule has 1 amide bonds. The monoisotopic (exact) mass is 240 g/mol. The van der Waals surface area contributed by atoms with E-state index in [2.05, 4.69) is 10.3 Å². The van der Waals surface area contributed by atoms with Gasteiger partial charge < -0.3 is 4.74 Å². The second kappa shape index (κ2) is 4.90. The number of carbonyl (C=O) groups is 2. The predicted molar refractivity (Wildman–Crippen MR) is 59.4 cm³/mol. The Balaban J connectivity index is 2.85. The molecule has 17 heavy (non-hydrogen) atoms. The lowest BCUT2D eigenvalue weighted by Gasteiger charge is -2.19. The van der Waals surface area contributed by atoms with E-state index in [4.69, 9.17) is 4.74 Å². The van der Waals surface area contributed by atoms with Crippen LogP contribution >= 0.6 is 0 Å². The Morgan fingerprint density at radius 1 is 1.53 bits per heavy atom. The van der Waals surface area contributed by atoms with Crippen LogP contribution in [-0.4, -0.2) is 23.0 Å². The number of rotatable bonds is 2. The number of hydrogen-bond acceptors (Lipinski definition) is 4. The Kier molecular flexibility index (Phi) is 3.77. The molecule has 0 aromatic carbocycles. The molecule has 0 saturated heterocycles. The van der Waals surface area contributed by atoms with Crippen molar-refractivity contribution in [2.45, 2.75) is 26.4 Å². The Morgan fingerprint density at radius 3 is 2.71 bits per heavy atom. The molecule has 0 bridgehead atoms. The molecular formula is C11H13FN2O3. The Bertz CT molecular complexity index is 441. The first-order chi connectivity index (χ1) is 7.83. The van der Waals surface area contributed by atoms with Crippen LogP contribution in [0.2, 0.25) is 0 Å². The van der Waals surface area contributed by atoms with Gasteiger partial charge in [-0.05, 0) is 26.8 Å². The van der Waals surface area contributed by atoms with Crippen LogP contribution in [0.1, 0.15) is 31.1 Å². The quantitative estimate of drug-likeness (QED) is 0.636. The molecule has 92 valence electrons. The van der Waals surface area contributed by atoms with Gasteiger partial charge in [0, 0.05) is 6.20 Å². The number of aldehydes is 1. The van der Waals surface area contributed by atoms with Gasteiger partial charge in [0.2, 0.25) is 5.95 Å². The Morgan fingerprint density at radius 2 is 2.18 bits per heavy atom. The molecule has 5 nitrogen and oxygen atoms in total. The lowest BCUT2D eigenvalue weighted by molar-refractivity contribution is 0.0636. The molecule has 0 aliphatic rings. The van der Waals surface area contributed by atoms with Crippen molar-refractivity contribution in [3.63, 3.8) is 0 Å². The van der Waals surface area contributed by atoms with E-state index in [0.29, 0.717) is 0 Å². The number of aromatic nitrogens is 1. The number of ether oxygens (including phenoxy) is 1. The summed E-state index contributed by atoms with van der Waals surface area (Å²) in [6.07, 6.45) is 0.676. The summed E-state index contributed by atoms with van der Waals surface area (Å²) in [5.74, 6) is -0.937. The van der Waals surface area contributed by atoms with Crippen molar-refractivity contribution in [1.29, 1.82) is 0 Å². The van der Waals surface area contributed by atoms with Gasteiger partial charge in [0.1, 0.15) is 5.60 Å². The van der Waals surface area contributed by atoms with Crippen LogP contribution in [0.3, 0.4) is 0 Å². The highest BCUT2D eigenvalue weighted by molar-refractivity contribution is 5.92. The maximum Gasteiger partial charge on any atom is 0.412 e. The first-order valence-corrected chi connectivity index (χ1v) is 4.93. The van der Waals surface area contributed by atoms with Gasteiger partial charge in [-0.2, -0.15) is 4.39 Å². The summed E-state index contributed by atoms with van der Waals surface area (Å²) < 4.78 is 18.1. The average molecular weight is 240 g/mol. The number of carbonyl (C=O) groups excluding carboxylic acids is 2. The molecule has 1 N–H and O–H groups in total. The van der Waals surface area contributed by atoms with E-state index in [1.165, 1.54) is 6.07 Å². The molecule has 0 aliphatic carbocycles. The van der Waals surface area contributed by atoms with Crippen LogP contribution in [0.5, 0.6) is 0 Å². The Hall–Kier alpha value is -1.98. The molecule has 0 spiro atoms. The van der Waals surface area contributed by atoms with Crippen LogP contribution in [0.15, 0.2) is 12.3 Å². The molecule has 6 heteroatoms. The van der Waals surface area contributed by atoms with Crippen molar-refractivity contribution in [2.75, 3.05) is 5.32 Å². The number of anilines is 1. The molecule has 0 aliphatic heterocycles. The molecule has 0 saturated carbocycles. The Labute approximate surface area is 98.0 Å². The lowest BCUT2D eigenvalue weighted by atomic mass is 10.2. The van der Waals surface area contributed by atoms with Crippen molar-refractivity contribution in [3.05, 3.63) is 23.8 Å². The van der Waals surface area contributed by atoms with Gasteiger partial charge >= 0.3 is 6.09 Å². The minimum absolute atomic E-state index is 0.0294. The van der Waals surface area contributed by atoms with Gasteiger partial charge in [-0.1, -0.05) is 0 Å². The molecular weight excluding hydrogens is 227 g/mol. The third kappa shape index (κ3) is 3.82. The standard InChI is InChI=1S/C11H13FN2O3/c1-11(2,3)17-10(16)14-8-4-5-13-9(12)7(8)6-15/h4-6H,1-3H3,(H,13,14,16). The molecule has 1 heterocycles. The van der Waals surface area contributed by atoms with Crippen LogP contribution in [0.25, 0.3) is 0 Å². The maximum absolute atomic E-state index is 13.1. The fourth-order valence-electron chi connectivity index (χ4n) is 1.08. The maximum atomic E-state index is 13.1. The smallest absolute Gasteiger partial charge is 0.412 e. The second-order valence-corrected chi connectivity index (χ2v) is 4.31. The first-order valence-electron chi connectivity index (χ1n) is 4.93. The molecule has 1 aromatic rings. The topological polar surface area (TPSA) is 68.3 Å². The van der Waals surface area contributed by atoms with Gasteiger partial charge in [-0.25, -0.2) is 9.78 Å². The largest absolute Gasteiger partial charge is 0.444 e. The van der Waals surface area contributed by atoms with E-state index in [0.717, 1.165) is 6.20 Å². The number of hydrogen-bond donors (Lipinski definition) is 1. The molecule has 1 aromatic heterocycles. The second-order valence-electron chi connectivity index (χ2n) is 4.31. The van der Waals surface area contributed by atoms with E-state index >= 15 is 0 Å². The van der Waals surface area contributed by atoms with E-state index in [1.807, 2.05) is 0 Å². The highest BCUT2D eigenvalue weighted by atomic mass is 19.1. The average Bonchev–Trinajstić information content (AvgIpc) is 2.14. The molecule has 0 fully saturated rings. The lowest BCUT2D eigenvalue weighted by Crippen LogP contribution is -2.27. The minimum atomic E-state index is -0.937. The van der Waals surface area contributed by atoms with Crippen LogP contribution in [0.4, 0.5) is 14.9 Å². The van der Waals surface area contributed by atoms with Gasteiger partial charge in [0.15, 0.2) is 6.29 Å². The van der Waals surface area contributed by atoms with Gasteiger partial charge in [0.05, 0.1) is 11.3 Å². The third-order valence-corrected chi connectivity index (χ3v) is 1.69. The van der Waals surface area contributed by atoms with Gasteiger partial charge in [0.25, 0.3) is 0 Å². The minimum Gasteiger partial charge on any atom is -0.444 e. The summed E-state index contributed by atoms with van der Waals surface area (Å²) in [6, 6.07) is 1.32. The van der Waals surface area contributed by atoms with E-state index in [-0.39, 0.29) is 17.5 Å². The van der Waals surface area contributed by atoms with Gasteiger partial charge in [-0.3, -0.25) is 10.1 Å². The number of amides is 1. The van der Waals surface area contributed by atoms with Crippen LogP contribution in [0, 0.1) is 5.95 Å². The molecule has 0 atom stereocenters. The molecule has 0 radical (unpaired) electrons. The summed E-state index contributed by atoms with van der Waals surface area (Å²) in [6.45, 7) is 5.08. The summed E-state index contributed by atoms with van der Waals surface area (Å²) >= 11 is 0. The predicted octanol–water partition coefficient (Wildman–Crippen LogP) is 2.38. The molecule has 1 rings (SSSR count). The van der Waals surface area contributed by atoms with Gasteiger partial charge in [-0.15, -0.1) is 0 Å². The normalized spacial score (nSPS) is 10.8. The van der Waals surface area contributed by atoms with Crippen molar-refractivity contribution in [3.8, 4) is 0 Å². The zero-order valence-electron chi connectivity index (χ0n) is 9.78. The third-order valence-electron chi connectivity index (χ3n) is 1.69. The number of nitrogens with one attached hydrogen (secondary N) is 1. The highest BCUT2D eigenvalue weighted by Gasteiger charge is 2.18. The summed E-state index contributed by atoms with van der Waals surface area (Å²) in [7, 11) is 0. The zero-order valence-corrected chi connectivity index (χ0v) is 9.78. The summed E-state index contributed by atoms with van der Waals surface area (Å²) in [4.78, 5) is 25.4. The van der Waals surface area contributed by atoms with Crippen molar-refractivity contribution < 1.29 is 18.7 Å². The van der Waals surface area contributed by atoms with E-state index < -0.39 is 17.6 Å². The molecule has 0 unspecified atom stereocenters. The fraction of sp³-hybridized carbons (Fsp3) is 0.364. The zero-order chi connectivity index (χ0) is 13.1. The number of halogens is 1. The van der Waals surface area contributed by atoms with Crippen molar-refractivity contribution >= 4 is 18.1 Å². The van der Waals surface area contributed by atoms with Crippen LogP contribution < -0.4 is 5.32 Å². The summed E-state index contributed by atoms with van der Waals surface area (Å²) in [5, 5.41) is 2.29. The van der Waals surface area contributed by atoms with Crippen molar-refractivity contribution in [2.24, 2.45) is 0 Å². The number of pyridine rings is 1. The first kappa shape index (κ1) is 13.1. The van der Waals surface area contributed by atoms with E-state index in [1.54, 1.807) is 20.8 Å².